The standard InChI is InChI=1S/C16H14N2S/c1-2-5-12-11(10-17)8-9-15-16(12)18-13-6-3-4-7-14(13)19-15/h3-4,6-9,18H,2,5H2,1H3. The highest BCUT2D eigenvalue weighted by Crippen LogP contribution is 2.46. The van der Waals surface area contributed by atoms with Crippen molar-refractivity contribution in [3.05, 3.63) is 47.5 Å². The molecule has 19 heavy (non-hydrogen) atoms. The van der Waals surface area contributed by atoms with Gasteiger partial charge in [0.15, 0.2) is 0 Å². The second-order valence-corrected chi connectivity index (χ2v) is 5.63. The molecule has 0 amide bonds. The molecule has 94 valence electrons. The van der Waals surface area contributed by atoms with Gasteiger partial charge in [0.1, 0.15) is 0 Å². The van der Waals surface area contributed by atoms with Gasteiger partial charge in [-0.2, -0.15) is 5.26 Å². The molecule has 3 rings (SSSR count). The zero-order valence-electron chi connectivity index (χ0n) is 10.7. The van der Waals surface area contributed by atoms with E-state index in [1.807, 2.05) is 18.2 Å². The van der Waals surface area contributed by atoms with Gasteiger partial charge >= 0.3 is 0 Å². The van der Waals surface area contributed by atoms with Gasteiger partial charge < -0.3 is 5.32 Å². The fourth-order valence-electron chi connectivity index (χ4n) is 2.37. The van der Waals surface area contributed by atoms with Crippen LogP contribution in [0.2, 0.25) is 0 Å². The minimum absolute atomic E-state index is 0.785. The minimum Gasteiger partial charge on any atom is -0.353 e. The zero-order chi connectivity index (χ0) is 13.2. The lowest BCUT2D eigenvalue weighted by molar-refractivity contribution is 0.915. The molecule has 0 unspecified atom stereocenters. The van der Waals surface area contributed by atoms with Gasteiger partial charge in [0, 0.05) is 9.79 Å². The maximum atomic E-state index is 9.26. The minimum atomic E-state index is 0.785. The van der Waals surface area contributed by atoms with E-state index < -0.39 is 0 Å². The van der Waals surface area contributed by atoms with Gasteiger partial charge in [-0.15, -0.1) is 0 Å². The molecule has 0 atom stereocenters. The SMILES string of the molecule is CCCc1c(C#N)ccc2c1Nc1ccccc1S2. The molecule has 2 aromatic carbocycles. The Morgan fingerprint density at radius 3 is 2.79 bits per heavy atom. The number of hydrogen-bond donors (Lipinski definition) is 1. The van der Waals surface area contributed by atoms with E-state index in [4.69, 9.17) is 0 Å². The van der Waals surface area contributed by atoms with Crippen LogP contribution in [0.4, 0.5) is 11.4 Å². The topological polar surface area (TPSA) is 35.8 Å². The highest BCUT2D eigenvalue weighted by atomic mass is 32.2. The molecule has 0 bridgehead atoms. The van der Waals surface area contributed by atoms with E-state index >= 15 is 0 Å². The van der Waals surface area contributed by atoms with Crippen LogP contribution >= 0.6 is 11.8 Å². The van der Waals surface area contributed by atoms with Crippen molar-refractivity contribution in [2.45, 2.75) is 29.6 Å². The Morgan fingerprint density at radius 1 is 1.16 bits per heavy atom. The first-order valence-electron chi connectivity index (χ1n) is 6.43. The third kappa shape index (κ3) is 2.09. The summed E-state index contributed by atoms with van der Waals surface area (Å²) >= 11 is 1.77. The summed E-state index contributed by atoms with van der Waals surface area (Å²) in [4.78, 5) is 2.45. The van der Waals surface area contributed by atoms with E-state index in [0.29, 0.717) is 0 Å². The first-order valence-corrected chi connectivity index (χ1v) is 7.25. The number of nitrogens with one attached hydrogen (secondary N) is 1. The summed E-state index contributed by atoms with van der Waals surface area (Å²) in [5.41, 5.74) is 4.18. The molecule has 0 fully saturated rings. The van der Waals surface area contributed by atoms with E-state index in [-0.39, 0.29) is 0 Å². The van der Waals surface area contributed by atoms with Crippen molar-refractivity contribution in [2.75, 3.05) is 5.32 Å². The Balaban J connectivity index is 2.13. The Morgan fingerprint density at radius 2 is 2.00 bits per heavy atom. The van der Waals surface area contributed by atoms with Crippen molar-refractivity contribution in [3.8, 4) is 6.07 Å². The highest BCUT2D eigenvalue weighted by Gasteiger charge is 2.19. The highest BCUT2D eigenvalue weighted by molar-refractivity contribution is 7.99. The van der Waals surface area contributed by atoms with Crippen LogP contribution in [0.15, 0.2) is 46.2 Å². The second kappa shape index (κ2) is 4.99. The summed E-state index contributed by atoms with van der Waals surface area (Å²) in [6, 6.07) is 14.6. The number of nitrogens with zero attached hydrogens (tertiary/aromatic N) is 1. The zero-order valence-corrected chi connectivity index (χ0v) is 11.6. The van der Waals surface area contributed by atoms with Gasteiger partial charge in [0.25, 0.3) is 0 Å². The first kappa shape index (κ1) is 12.1. The molecule has 0 aromatic heterocycles. The van der Waals surface area contributed by atoms with Gasteiger partial charge in [-0.3, -0.25) is 0 Å². The lowest BCUT2D eigenvalue weighted by atomic mass is 10.0. The molecule has 1 aliphatic rings. The van der Waals surface area contributed by atoms with Crippen LogP contribution < -0.4 is 5.32 Å². The van der Waals surface area contributed by atoms with Crippen LogP contribution in [0.5, 0.6) is 0 Å². The number of hydrogen-bond acceptors (Lipinski definition) is 3. The van der Waals surface area contributed by atoms with Crippen LogP contribution in [0.1, 0.15) is 24.5 Å². The van der Waals surface area contributed by atoms with Crippen molar-refractivity contribution < 1.29 is 0 Å². The maximum absolute atomic E-state index is 9.26. The van der Waals surface area contributed by atoms with Crippen LogP contribution in [0, 0.1) is 11.3 Å². The molecule has 2 aromatic rings. The summed E-state index contributed by atoms with van der Waals surface area (Å²) < 4.78 is 0. The van der Waals surface area contributed by atoms with E-state index in [1.54, 1.807) is 11.8 Å². The second-order valence-electron chi connectivity index (χ2n) is 4.55. The molecule has 0 radical (unpaired) electrons. The molecule has 1 aliphatic heterocycles. The van der Waals surface area contributed by atoms with Crippen LogP contribution in [0.3, 0.4) is 0 Å². The van der Waals surface area contributed by atoms with Gasteiger partial charge in [-0.1, -0.05) is 37.2 Å². The summed E-state index contributed by atoms with van der Waals surface area (Å²) in [6.07, 6.45) is 1.97. The summed E-state index contributed by atoms with van der Waals surface area (Å²) in [5.74, 6) is 0. The smallest absolute Gasteiger partial charge is 0.0995 e. The van der Waals surface area contributed by atoms with Crippen molar-refractivity contribution in [3.63, 3.8) is 0 Å². The van der Waals surface area contributed by atoms with Gasteiger partial charge in [0.05, 0.1) is 23.0 Å². The average Bonchev–Trinajstić information content (AvgIpc) is 2.46. The monoisotopic (exact) mass is 266 g/mol. The number of fused-ring (bicyclic) bond motifs is 2. The molecular weight excluding hydrogens is 252 g/mol. The Hall–Kier alpha value is -1.92. The van der Waals surface area contributed by atoms with Gasteiger partial charge in [0.2, 0.25) is 0 Å². The largest absolute Gasteiger partial charge is 0.353 e. The van der Waals surface area contributed by atoms with Crippen molar-refractivity contribution >= 4 is 23.1 Å². The predicted octanol–water partition coefficient (Wildman–Crippen LogP) is 4.72. The molecule has 0 spiro atoms. The molecule has 1 N–H and O–H groups in total. The maximum Gasteiger partial charge on any atom is 0.0995 e. The van der Waals surface area contributed by atoms with Crippen LogP contribution in [0.25, 0.3) is 0 Å². The summed E-state index contributed by atoms with van der Waals surface area (Å²) in [7, 11) is 0. The number of nitriles is 1. The van der Waals surface area contributed by atoms with E-state index in [2.05, 4.69) is 36.5 Å². The fourth-order valence-corrected chi connectivity index (χ4v) is 3.40. The van der Waals surface area contributed by atoms with Crippen molar-refractivity contribution in [2.24, 2.45) is 0 Å². The van der Waals surface area contributed by atoms with Crippen molar-refractivity contribution in [1.29, 1.82) is 5.26 Å². The van der Waals surface area contributed by atoms with Gasteiger partial charge in [-0.05, 0) is 36.2 Å². The Labute approximate surface area is 117 Å². The third-order valence-corrected chi connectivity index (χ3v) is 4.40. The van der Waals surface area contributed by atoms with Crippen LogP contribution in [-0.2, 0) is 6.42 Å². The normalized spacial score (nSPS) is 12.0. The molecule has 1 heterocycles. The molecule has 0 saturated carbocycles. The van der Waals surface area contributed by atoms with E-state index in [0.717, 1.165) is 35.3 Å². The van der Waals surface area contributed by atoms with E-state index in [1.165, 1.54) is 9.79 Å². The number of rotatable bonds is 2. The molecule has 2 nitrogen and oxygen atoms in total. The molecule has 3 heteroatoms. The Bertz CT molecular complexity index is 671. The van der Waals surface area contributed by atoms with E-state index in [9.17, 15) is 5.26 Å². The van der Waals surface area contributed by atoms with Crippen molar-refractivity contribution in [1.82, 2.24) is 0 Å². The van der Waals surface area contributed by atoms with Gasteiger partial charge in [-0.25, -0.2) is 0 Å². The fraction of sp³-hybridized carbons (Fsp3) is 0.188. The van der Waals surface area contributed by atoms with Crippen LogP contribution in [-0.4, -0.2) is 0 Å². The first-order chi connectivity index (χ1) is 9.33. The quantitative estimate of drug-likeness (QED) is 0.729. The molecule has 0 aliphatic carbocycles. The predicted molar refractivity (Wildman–Crippen MR) is 79.0 cm³/mol. The summed E-state index contributed by atoms with van der Waals surface area (Å²) in [6.45, 7) is 2.14. The Kier molecular flexibility index (Phi) is 3.18. The average molecular weight is 266 g/mol. The number of anilines is 2. The molecular formula is C16H14N2S. The summed E-state index contributed by atoms with van der Waals surface area (Å²) in [5, 5.41) is 12.8. The third-order valence-electron chi connectivity index (χ3n) is 3.26. The molecule has 0 saturated heterocycles. The number of benzene rings is 2. The lowest BCUT2D eigenvalue weighted by Gasteiger charge is -2.23. The lowest BCUT2D eigenvalue weighted by Crippen LogP contribution is -2.05. The number of para-hydroxylation sites is 1.